The molecule has 3 aromatic rings. The lowest BCUT2D eigenvalue weighted by molar-refractivity contribution is -0.126. The summed E-state index contributed by atoms with van der Waals surface area (Å²) in [5.74, 6) is 1.08. The predicted molar refractivity (Wildman–Crippen MR) is 109 cm³/mol. The zero-order valence-electron chi connectivity index (χ0n) is 16.3. The number of carbonyl (C=O) groups excluding carboxylic acids is 1. The molecule has 0 unspecified atom stereocenters. The molecule has 3 heterocycles. The Morgan fingerprint density at radius 1 is 1.14 bits per heavy atom. The summed E-state index contributed by atoms with van der Waals surface area (Å²) in [6, 6.07) is 10.9. The minimum absolute atomic E-state index is 0.119. The first kappa shape index (κ1) is 18.7. The second-order valence-electron chi connectivity index (χ2n) is 6.73. The minimum atomic E-state index is -0.150. The van der Waals surface area contributed by atoms with E-state index in [2.05, 4.69) is 4.98 Å². The maximum Gasteiger partial charge on any atom is 0.263 e. The van der Waals surface area contributed by atoms with Crippen molar-refractivity contribution in [2.45, 2.75) is 13.0 Å². The Hall–Kier alpha value is -3.61. The number of nitrogens with zero attached hydrogens (tertiary/aromatic N) is 3. The highest BCUT2D eigenvalue weighted by Gasteiger charge is 2.23. The molecule has 1 aliphatic rings. The summed E-state index contributed by atoms with van der Waals surface area (Å²) in [6.45, 7) is 0.783. The van der Waals surface area contributed by atoms with Crippen LogP contribution in [-0.2, 0) is 17.8 Å². The summed E-state index contributed by atoms with van der Waals surface area (Å²) < 4.78 is 12.0. The molecule has 1 aliphatic heterocycles. The largest absolute Gasteiger partial charge is 0.493 e. The van der Waals surface area contributed by atoms with Crippen LogP contribution in [0.2, 0.25) is 0 Å². The van der Waals surface area contributed by atoms with Crippen LogP contribution in [0.3, 0.4) is 0 Å². The van der Waals surface area contributed by atoms with E-state index in [9.17, 15) is 9.59 Å². The quantitative estimate of drug-likeness (QED) is 0.638. The molecule has 0 radical (unpaired) electrons. The average molecular weight is 391 g/mol. The van der Waals surface area contributed by atoms with E-state index in [1.54, 1.807) is 49.6 Å². The van der Waals surface area contributed by atoms with Crippen molar-refractivity contribution in [3.05, 3.63) is 75.8 Å². The highest BCUT2D eigenvalue weighted by atomic mass is 16.5. The minimum Gasteiger partial charge on any atom is -0.493 e. The molecule has 0 aliphatic carbocycles. The van der Waals surface area contributed by atoms with Crippen LogP contribution in [0.4, 0.5) is 0 Å². The van der Waals surface area contributed by atoms with E-state index in [1.165, 1.54) is 10.5 Å². The van der Waals surface area contributed by atoms with Gasteiger partial charge in [0.25, 0.3) is 5.56 Å². The zero-order chi connectivity index (χ0) is 20.4. The average Bonchev–Trinajstić information content (AvgIpc) is 2.77. The van der Waals surface area contributed by atoms with Crippen molar-refractivity contribution in [3.8, 4) is 11.5 Å². The fourth-order valence-corrected chi connectivity index (χ4v) is 3.47. The Labute approximate surface area is 167 Å². The van der Waals surface area contributed by atoms with Gasteiger partial charge in [-0.3, -0.25) is 14.0 Å². The number of fused-ring (bicyclic) bond motifs is 2. The first-order chi connectivity index (χ1) is 14.1. The van der Waals surface area contributed by atoms with Crippen LogP contribution >= 0.6 is 0 Å². The van der Waals surface area contributed by atoms with E-state index in [0.717, 1.165) is 11.3 Å². The summed E-state index contributed by atoms with van der Waals surface area (Å²) in [5, 5.41) is 0. The molecule has 4 rings (SSSR count). The topological polar surface area (TPSA) is 73.1 Å². The monoisotopic (exact) mass is 391 g/mol. The van der Waals surface area contributed by atoms with E-state index in [4.69, 9.17) is 9.47 Å². The smallest absolute Gasteiger partial charge is 0.263 e. The number of carbonyl (C=O) groups is 1. The van der Waals surface area contributed by atoms with Crippen molar-refractivity contribution in [1.29, 1.82) is 0 Å². The van der Waals surface area contributed by atoms with Gasteiger partial charge in [0.05, 0.1) is 32.0 Å². The van der Waals surface area contributed by atoms with Gasteiger partial charge in [-0.25, -0.2) is 4.98 Å². The maximum absolute atomic E-state index is 12.8. The molecule has 7 nitrogen and oxygen atoms in total. The normalized spacial score (nSPS) is 13.5. The Bertz CT molecular complexity index is 1170. The summed E-state index contributed by atoms with van der Waals surface area (Å²) in [5.41, 5.74) is 2.68. The standard InChI is InChI=1S/C22H21N3O4/c1-28-18-8-6-15(13-19(18)29-2)7-9-21(26)24-12-10-17-16(14-24)22(27)25-11-4-3-5-20(25)23-17/h3-9,11,13H,10,12,14H2,1-2H3/b9-7+. The number of benzene rings is 1. The van der Waals surface area contributed by atoms with Crippen molar-refractivity contribution >= 4 is 17.6 Å². The van der Waals surface area contributed by atoms with Crippen molar-refractivity contribution < 1.29 is 14.3 Å². The van der Waals surface area contributed by atoms with Crippen LogP contribution in [0.1, 0.15) is 16.8 Å². The fraction of sp³-hybridized carbons (Fsp3) is 0.227. The SMILES string of the molecule is COc1ccc(/C=C/C(=O)N2CCc3nc4ccccn4c(=O)c3C2)cc1OC. The summed E-state index contributed by atoms with van der Waals surface area (Å²) in [4.78, 5) is 31.7. The number of amides is 1. The lowest BCUT2D eigenvalue weighted by atomic mass is 10.1. The van der Waals surface area contributed by atoms with Crippen LogP contribution in [0.25, 0.3) is 11.7 Å². The maximum atomic E-state index is 12.8. The van der Waals surface area contributed by atoms with Gasteiger partial charge in [-0.2, -0.15) is 0 Å². The van der Waals surface area contributed by atoms with Gasteiger partial charge < -0.3 is 14.4 Å². The molecule has 2 aromatic heterocycles. The molecule has 1 amide bonds. The molecule has 0 bridgehead atoms. The number of ether oxygens (including phenoxy) is 2. The third-order valence-corrected chi connectivity index (χ3v) is 5.02. The molecule has 0 spiro atoms. The Balaban J connectivity index is 1.55. The molecule has 29 heavy (non-hydrogen) atoms. The van der Waals surface area contributed by atoms with E-state index in [0.29, 0.717) is 35.7 Å². The highest BCUT2D eigenvalue weighted by Crippen LogP contribution is 2.28. The third kappa shape index (κ3) is 3.59. The molecule has 0 fully saturated rings. The molecular weight excluding hydrogens is 370 g/mol. The van der Waals surface area contributed by atoms with Crippen molar-refractivity contribution in [1.82, 2.24) is 14.3 Å². The van der Waals surface area contributed by atoms with Gasteiger partial charge >= 0.3 is 0 Å². The number of methoxy groups -OCH3 is 2. The van der Waals surface area contributed by atoms with E-state index >= 15 is 0 Å². The van der Waals surface area contributed by atoms with Gasteiger partial charge in [0, 0.05) is 25.2 Å². The first-order valence-corrected chi connectivity index (χ1v) is 9.29. The number of hydrogen-bond donors (Lipinski definition) is 0. The van der Waals surface area contributed by atoms with E-state index in [-0.39, 0.29) is 18.0 Å². The second-order valence-corrected chi connectivity index (χ2v) is 6.73. The zero-order valence-corrected chi connectivity index (χ0v) is 16.3. The number of hydrogen-bond acceptors (Lipinski definition) is 5. The highest BCUT2D eigenvalue weighted by molar-refractivity contribution is 5.92. The van der Waals surface area contributed by atoms with Crippen molar-refractivity contribution in [2.75, 3.05) is 20.8 Å². The Morgan fingerprint density at radius 2 is 1.97 bits per heavy atom. The summed E-state index contributed by atoms with van der Waals surface area (Å²) in [7, 11) is 3.14. The molecular formula is C22H21N3O4. The molecule has 148 valence electrons. The van der Waals surface area contributed by atoms with Crippen molar-refractivity contribution in [3.63, 3.8) is 0 Å². The van der Waals surface area contributed by atoms with Crippen LogP contribution in [-0.4, -0.2) is 41.0 Å². The lowest BCUT2D eigenvalue weighted by Gasteiger charge is -2.27. The lowest BCUT2D eigenvalue weighted by Crippen LogP contribution is -2.39. The van der Waals surface area contributed by atoms with Gasteiger partial charge in [-0.1, -0.05) is 12.1 Å². The molecule has 0 saturated carbocycles. The third-order valence-electron chi connectivity index (χ3n) is 5.02. The van der Waals surface area contributed by atoms with Crippen LogP contribution in [0, 0.1) is 0 Å². The molecule has 0 N–H and O–H groups in total. The van der Waals surface area contributed by atoms with Crippen LogP contribution in [0.15, 0.2) is 53.5 Å². The Morgan fingerprint density at radius 3 is 2.76 bits per heavy atom. The summed E-state index contributed by atoms with van der Waals surface area (Å²) in [6.07, 6.45) is 5.50. The van der Waals surface area contributed by atoms with Gasteiger partial charge in [0.1, 0.15) is 5.65 Å². The van der Waals surface area contributed by atoms with Gasteiger partial charge in [-0.05, 0) is 35.9 Å². The van der Waals surface area contributed by atoms with Gasteiger partial charge in [0.2, 0.25) is 5.91 Å². The van der Waals surface area contributed by atoms with E-state index < -0.39 is 0 Å². The first-order valence-electron chi connectivity index (χ1n) is 9.29. The molecule has 7 heteroatoms. The number of pyridine rings is 1. The summed E-state index contributed by atoms with van der Waals surface area (Å²) >= 11 is 0. The number of aromatic nitrogens is 2. The fourth-order valence-electron chi connectivity index (χ4n) is 3.47. The molecule has 1 aromatic carbocycles. The second kappa shape index (κ2) is 7.79. The van der Waals surface area contributed by atoms with Crippen molar-refractivity contribution in [2.24, 2.45) is 0 Å². The molecule has 0 atom stereocenters. The molecule has 0 saturated heterocycles. The number of rotatable bonds is 4. The van der Waals surface area contributed by atoms with Gasteiger partial charge in [-0.15, -0.1) is 0 Å². The van der Waals surface area contributed by atoms with Crippen LogP contribution in [0.5, 0.6) is 11.5 Å². The Kier molecular flexibility index (Phi) is 5.03. The predicted octanol–water partition coefficient (Wildman–Crippen LogP) is 2.31. The van der Waals surface area contributed by atoms with Crippen LogP contribution < -0.4 is 15.0 Å². The van der Waals surface area contributed by atoms with E-state index in [1.807, 2.05) is 18.2 Å². The van der Waals surface area contributed by atoms with Gasteiger partial charge in [0.15, 0.2) is 11.5 Å².